The van der Waals surface area contributed by atoms with E-state index in [0.717, 1.165) is 22.1 Å². The van der Waals surface area contributed by atoms with Crippen LogP contribution in [0.15, 0.2) is 82.0 Å². The monoisotopic (exact) mass is 399 g/mol. The fourth-order valence-electron chi connectivity index (χ4n) is 3.27. The van der Waals surface area contributed by atoms with Gasteiger partial charge in [0.2, 0.25) is 0 Å². The van der Waals surface area contributed by atoms with Gasteiger partial charge in [-0.2, -0.15) is 0 Å². The zero-order valence-electron chi connectivity index (χ0n) is 16.8. The second-order valence-corrected chi connectivity index (χ2v) is 7.16. The van der Waals surface area contributed by atoms with Crippen LogP contribution in [0, 0.1) is 13.8 Å². The molecule has 4 rings (SSSR count). The van der Waals surface area contributed by atoms with E-state index in [1.165, 1.54) is 0 Å². The van der Waals surface area contributed by atoms with Crippen LogP contribution in [-0.2, 0) is 4.79 Å². The summed E-state index contributed by atoms with van der Waals surface area (Å²) in [6.07, 6.45) is 0. The lowest BCUT2D eigenvalue weighted by molar-refractivity contribution is -0.118. The third-order valence-corrected chi connectivity index (χ3v) is 4.83. The minimum absolute atomic E-state index is 0.0852. The molecule has 30 heavy (non-hydrogen) atoms. The summed E-state index contributed by atoms with van der Waals surface area (Å²) in [6.45, 7) is 3.80. The Bertz CT molecular complexity index is 1270. The molecule has 150 valence electrons. The molecule has 1 heterocycles. The third kappa shape index (κ3) is 4.25. The minimum atomic E-state index is -0.389. The summed E-state index contributed by atoms with van der Waals surface area (Å²) in [5.41, 5.74) is 4.05. The Morgan fingerprint density at radius 3 is 2.47 bits per heavy atom. The third-order valence-electron chi connectivity index (χ3n) is 4.83. The van der Waals surface area contributed by atoms with Crippen molar-refractivity contribution >= 4 is 22.6 Å². The molecule has 0 aliphatic rings. The number of hydrogen-bond donors (Lipinski definition) is 1. The number of ether oxygens (including phenoxy) is 1. The predicted molar refractivity (Wildman–Crippen MR) is 118 cm³/mol. The highest BCUT2D eigenvalue weighted by Gasteiger charge is 2.12. The molecular weight excluding hydrogens is 378 g/mol. The molecule has 0 bridgehead atoms. The molecule has 4 aromatic rings. The summed E-state index contributed by atoms with van der Waals surface area (Å²) < 4.78 is 10.9. The van der Waals surface area contributed by atoms with E-state index in [2.05, 4.69) is 5.32 Å². The minimum Gasteiger partial charge on any atom is -0.484 e. The van der Waals surface area contributed by atoms with Gasteiger partial charge < -0.3 is 14.5 Å². The molecular formula is C25H21NO4. The van der Waals surface area contributed by atoms with Crippen molar-refractivity contribution in [3.05, 3.63) is 94.3 Å². The van der Waals surface area contributed by atoms with E-state index in [4.69, 9.17) is 9.15 Å². The zero-order chi connectivity index (χ0) is 21.1. The number of aryl methyl sites for hydroxylation is 2. The molecule has 5 nitrogen and oxygen atoms in total. The molecule has 0 radical (unpaired) electrons. The SMILES string of the molecule is Cc1ccc(OCC(=O)Nc2ccc(-c3cc4ccccc4oc3=O)c(C)c2)cc1. The van der Waals surface area contributed by atoms with Crippen LogP contribution in [0.2, 0.25) is 0 Å². The topological polar surface area (TPSA) is 68.5 Å². The first-order valence-electron chi connectivity index (χ1n) is 9.63. The maximum Gasteiger partial charge on any atom is 0.344 e. The highest BCUT2D eigenvalue weighted by atomic mass is 16.5. The van der Waals surface area contributed by atoms with Crippen molar-refractivity contribution in [3.63, 3.8) is 0 Å². The Hall–Kier alpha value is -3.86. The van der Waals surface area contributed by atoms with Gasteiger partial charge in [-0.25, -0.2) is 4.79 Å². The molecule has 0 unspecified atom stereocenters. The Kier molecular flexibility index (Phi) is 5.35. The molecule has 0 saturated heterocycles. The van der Waals surface area contributed by atoms with Crippen LogP contribution in [-0.4, -0.2) is 12.5 Å². The standard InChI is InChI=1S/C25H21NO4/c1-16-7-10-20(11-8-16)29-15-24(27)26-19-9-12-21(17(2)13-19)22-14-18-5-3-4-6-23(18)30-25(22)28/h3-14H,15H2,1-2H3,(H,26,27). The summed E-state index contributed by atoms with van der Waals surface area (Å²) in [7, 11) is 0. The lowest BCUT2D eigenvalue weighted by Crippen LogP contribution is -2.20. The number of hydrogen-bond acceptors (Lipinski definition) is 4. The number of anilines is 1. The second kappa shape index (κ2) is 8.25. The first-order valence-corrected chi connectivity index (χ1v) is 9.63. The predicted octanol–water partition coefficient (Wildman–Crippen LogP) is 5.09. The average molecular weight is 399 g/mol. The number of benzene rings is 3. The average Bonchev–Trinajstić information content (AvgIpc) is 2.73. The molecule has 5 heteroatoms. The number of carbonyl (C=O) groups excluding carboxylic acids is 1. The van der Waals surface area contributed by atoms with Gasteiger partial charge in [-0.3, -0.25) is 4.79 Å². The number of para-hydroxylation sites is 1. The lowest BCUT2D eigenvalue weighted by atomic mass is 10.0. The molecule has 0 fully saturated rings. The molecule has 1 aromatic heterocycles. The van der Waals surface area contributed by atoms with Crippen molar-refractivity contribution < 1.29 is 13.9 Å². The van der Waals surface area contributed by atoms with Crippen LogP contribution in [0.3, 0.4) is 0 Å². The maximum atomic E-state index is 12.4. The van der Waals surface area contributed by atoms with E-state index in [0.29, 0.717) is 22.6 Å². The van der Waals surface area contributed by atoms with Gasteiger partial charge in [0.25, 0.3) is 5.91 Å². The van der Waals surface area contributed by atoms with Gasteiger partial charge in [-0.15, -0.1) is 0 Å². The van der Waals surface area contributed by atoms with Crippen molar-refractivity contribution in [3.8, 4) is 16.9 Å². The van der Waals surface area contributed by atoms with Crippen molar-refractivity contribution in [2.24, 2.45) is 0 Å². The van der Waals surface area contributed by atoms with Crippen LogP contribution >= 0.6 is 0 Å². The number of rotatable bonds is 5. The van der Waals surface area contributed by atoms with Crippen molar-refractivity contribution in [1.29, 1.82) is 0 Å². The number of amides is 1. The lowest BCUT2D eigenvalue weighted by Gasteiger charge is -2.11. The van der Waals surface area contributed by atoms with Gasteiger partial charge in [0.15, 0.2) is 6.61 Å². The molecule has 0 aliphatic carbocycles. The van der Waals surface area contributed by atoms with Gasteiger partial charge in [-0.1, -0.05) is 42.0 Å². The zero-order valence-corrected chi connectivity index (χ0v) is 16.8. The summed E-state index contributed by atoms with van der Waals surface area (Å²) in [6, 6.07) is 22.2. The quantitative estimate of drug-likeness (QED) is 0.475. The molecule has 0 aliphatic heterocycles. The molecule has 1 amide bonds. The maximum absolute atomic E-state index is 12.4. The van der Waals surface area contributed by atoms with E-state index in [-0.39, 0.29) is 18.1 Å². The highest BCUT2D eigenvalue weighted by molar-refractivity contribution is 5.92. The molecule has 0 spiro atoms. The van der Waals surface area contributed by atoms with Crippen LogP contribution in [0.4, 0.5) is 5.69 Å². The molecule has 3 aromatic carbocycles. The second-order valence-electron chi connectivity index (χ2n) is 7.16. The van der Waals surface area contributed by atoms with Gasteiger partial charge in [-0.05, 0) is 61.4 Å². The van der Waals surface area contributed by atoms with Gasteiger partial charge in [0.1, 0.15) is 11.3 Å². The van der Waals surface area contributed by atoms with Crippen LogP contribution in [0.1, 0.15) is 11.1 Å². The first kappa shape index (κ1) is 19.5. The number of carbonyl (C=O) groups is 1. The summed E-state index contributed by atoms with van der Waals surface area (Å²) >= 11 is 0. The molecule has 0 saturated carbocycles. The highest BCUT2D eigenvalue weighted by Crippen LogP contribution is 2.26. The Morgan fingerprint density at radius 2 is 1.70 bits per heavy atom. The van der Waals surface area contributed by atoms with Gasteiger partial charge in [0, 0.05) is 11.1 Å². The van der Waals surface area contributed by atoms with Crippen molar-refractivity contribution in [1.82, 2.24) is 0 Å². The Labute approximate surface area is 173 Å². The van der Waals surface area contributed by atoms with E-state index in [1.807, 2.05) is 74.5 Å². The normalized spacial score (nSPS) is 10.7. The first-order chi connectivity index (χ1) is 14.5. The largest absolute Gasteiger partial charge is 0.484 e. The summed E-state index contributed by atoms with van der Waals surface area (Å²) in [5.74, 6) is 0.387. The molecule has 0 atom stereocenters. The van der Waals surface area contributed by atoms with Crippen LogP contribution < -0.4 is 15.7 Å². The Balaban J connectivity index is 1.49. The Morgan fingerprint density at radius 1 is 0.933 bits per heavy atom. The van der Waals surface area contributed by atoms with Crippen LogP contribution in [0.25, 0.3) is 22.1 Å². The van der Waals surface area contributed by atoms with E-state index in [1.54, 1.807) is 12.1 Å². The fourth-order valence-corrected chi connectivity index (χ4v) is 3.27. The van der Waals surface area contributed by atoms with Gasteiger partial charge in [0.05, 0.1) is 5.56 Å². The smallest absolute Gasteiger partial charge is 0.344 e. The van der Waals surface area contributed by atoms with Crippen molar-refractivity contribution in [2.45, 2.75) is 13.8 Å². The van der Waals surface area contributed by atoms with Gasteiger partial charge >= 0.3 is 5.63 Å². The van der Waals surface area contributed by atoms with Crippen molar-refractivity contribution in [2.75, 3.05) is 11.9 Å². The molecule has 1 N–H and O–H groups in total. The summed E-state index contributed by atoms with van der Waals surface area (Å²) in [4.78, 5) is 24.7. The van der Waals surface area contributed by atoms with E-state index < -0.39 is 0 Å². The number of nitrogens with one attached hydrogen (secondary N) is 1. The summed E-state index contributed by atoms with van der Waals surface area (Å²) in [5, 5.41) is 3.68. The van der Waals surface area contributed by atoms with Crippen LogP contribution in [0.5, 0.6) is 5.75 Å². The fraction of sp³-hybridized carbons (Fsp3) is 0.120. The van der Waals surface area contributed by atoms with E-state index in [9.17, 15) is 9.59 Å². The van der Waals surface area contributed by atoms with E-state index >= 15 is 0 Å². The number of fused-ring (bicyclic) bond motifs is 1.